The van der Waals surface area contributed by atoms with E-state index in [2.05, 4.69) is 22.0 Å². The Morgan fingerprint density at radius 1 is 1.11 bits per heavy atom. The van der Waals surface area contributed by atoms with E-state index >= 15 is 0 Å². The lowest BCUT2D eigenvalue weighted by molar-refractivity contribution is 0.414. The summed E-state index contributed by atoms with van der Waals surface area (Å²) in [6, 6.07) is 16.1. The van der Waals surface area contributed by atoms with Crippen LogP contribution in [0.15, 0.2) is 53.0 Å². The quantitative estimate of drug-likeness (QED) is 0.935. The molecular weight excluding hydrogens is 290 g/mol. The third-order valence-electron chi connectivity index (χ3n) is 2.94. The van der Waals surface area contributed by atoms with Crippen molar-refractivity contribution in [1.29, 1.82) is 0 Å². The second-order valence-corrected chi connectivity index (χ2v) is 5.03. The summed E-state index contributed by atoms with van der Waals surface area (Å²) >= 11 is 3.54. The maximum atomic E-state index is 6.23. The van der Waals surface area contributed by atoms with Crippen molar-refractivity contribution in [2.75, 3.05) is 7.11 Å². The smallest absolute Gasteiger partial charge is 0.118 e. The van der Waals surface area contributed by atoms with E-state index in [1.807, 2.05) is 42.5 Å². The Bertz CT molecular complexity index is 510. The first-order valence-electron chi connectivity index (χ1n) is 5.83. The highest BCUT2D eigenvalue weighted by Crippen LogP contribution is 2.23. The zero-order valence-corrected chi connectivity index (χ0v) is 11.9. The van der Waals surface area contributed by atoms with E-state index in [0.717, 1.165) is 22.2 Å². The summed E-state index contributed by atoms with van der Waals surface area (Å²) < 4.78 is 6.24. The van der Waals surface area contributed by atoms with Crippen molar-refractivity contribution >= 4 is 15.9 Å². The maximum Gasteiger partial charge on any atom is 0.118 e. The van der Waals surface area contributed by atoms with Crippen molar-refractivity contribution < 1.29 is 4.74 Å². The van der Waals surface area contributed by atoms with E-state index < -0.39 is 0 Å². The van der Waals surface area contributed by atoms with Crippen LogP contribution in [-0.4, -0.2) is 7.11 Å². The number of nitrogens with two attached hydrogens (primary N) is 1. The van der Waals surface area contributed by atoms with Gasteiger partial charge in [0, 0.05) is 10.5 Å². The molecule has 0 spiro atoms. The van der Waals surface area contributed by atoms with Crippen molar-refractivity contribution in [3.8, 4) is 5.75 Å². The summed E-state index contributed by atoms with van der Waals surface area (Å²) in [6.45, 7) is 0. The summed E-state index contributed by atoms with van der Waals surface area (Å²) in [5.41, 5.74) is 8.57. The zero-order chi connectivity index (χ0) is 13.0. The lowest BCUT2D eigenvalue weighted by Crippen LogP contribution is -2.13. The topological polar surface area (TPSA) is 35.2 Å². The van der Waals surface area contributed by atoms with Crippen LogP contribution >= 0.6 is 15.9 Å². The van der Waals surface area contributed by atoms with Crippen LogP contribution in [0.4, 0.5) is 0 Å². The van der Waals surface area contributed by atoms with E-state index in [1.165, 1.54) is 5.56 Å². The van der Waals surface area contributed by atoms with Crippen LogP contribution in [0.25, 0.3) is 0 Å². The zero-order valence-electron chi connectivity index (χ0n) is 10.3. The van der Waals surface area contributed by atoms with Gasteiger partial charge in [-0.05, 0) is 35.7 Å². The largest absolute Gasteiger partial charge is 0.497 e. The average molecular weight is 306 g/mol. The van der Waals surface area contributed by atoms with Gasteiger partial charge in [0.25, 0.3) is 0 Å². The van der Waals surface area contributed by atoms with E-state index in [4.69, 9.17) is 10.5 Å². The Balaban J connectivity index is 2.11. The summed E-state index contributed by atoms with van der Waals surface area (Å²) in [6.07, 6.45) is 0.813. The highest BCUT2D eigenvalue weighted by molar-refractivity contribution is 9.10. The molecule has 94 valence electrons. The second kappa shape index (κ2) is 6.03. The highest BCUT2D eigenvalue weighted by Gasteiger charge is 2.09. The molecule has 0 saturated carbocycles. The molecule has 3 heteroatoms. The lowest BCUT2D eigenvalue weighted by Gasteiger charge is -2.13. The number of benzene rings is 2. The molecule has 2 nitrogen and oxygen atoms in total. The van der Waals surface area contributed by atoms with Crippen molar-refractivity contribution in [2.45, 2.75) is 12.5 Å². The molecule has 0 fully saturated rings. The van der Waals surface area contributed by atoms with Crippen LogP contribution in [-0.2, 0) is 6.42 Å². The molecule has 2 aromatic rings. The molecule has 0 radical (unpaired) electrons. The molecule has 0 saturated heterocycles. The average Bonchev–Trinajstić information content (AvgIpc) is 2.41. The Kier molecular flexibility index (Phi) is 4.39. The Hall–Kier alpha value is -1.32. The monoisotopic (exact) mass is 305 g/mol. The highest BCUT2D eigenvalue weighted by atomic mass is 79.9. The van der Waals surface area contributed by atoms with Crippen molar-refractivity contribution in [3.63, 3.8) is 0 Å². The molecular formula is C15H16BrNO. The molecule has 1 unspecified atom stereocenters. The van der Waals surface area contributed by atoms with Gasteiger partial charge in [-0.2, -0.15) is 0 Å². The molecule has 0 heterocycles. The van der Waals surface area contributed by atoms with Gasteiger partial charge in [-0.15, -0.1) is 0 Å². The minimum Gasteiger partial charge on any atom is -0.497 e. The van der Waals surface area contributed by atoms with Gasteiger partial charge in [0.1, 0.15) is 5.75 Å². The number of halogens is 1. The molecule has 1 atom stereocenters. The Morgan fingerprint density at radius 3 is 2.39 bits per heavy atom. The van der Waals surface area contributed by atoms with Gasteiger partial charge in [0.05, 0.1) is 7.11 Å². The minimum absolute atomic E-state index is 0.00499. The van der Waals surface area contributed by atoms with E-state index in [0.29, 0.717) is 0 Å². The third-order valence-corrected chi connectivity index (χ3v) is 3.72. The fourth-order valence-electron chi connectivity index (χ4n) is 1.87. The first kappa shape index (κ1) is 13.1. The Morgan fingerprint density at radius 2 is 1.78 bits per heavy atom. The molecule has 2 rings (SSSR count). The molecule has 0 aliphatic rings. The minimum atomic E-state index is -0.00499. The van der Waals surface area contributed by atoms with Gasteiger partial charge in [0.2, 0.25) is 0 Å². The number of hydrogen-bond acceptors (Lipinski definition) is 2. The van der Waals surface area contributed by atoms with Gasteiger partial charge < -0.3 is 10.5 Å². The SMILES string of the molecule is COc1ccc(C(N)Cc2ccccc2Br)cc1. The fourth-order valence-corrected chi connectivity index (χ4v) is 2.32. The number of hydrogen-bond donors (Lipinski definition) is 1. The first-order chi connectivity index (χ1) is 8.70. The molecule has 2 N–H and O–H groups in total. The second-order valence-electron chi connectivity index (χ2n) is 4.18. The molecule has 0 bridgehead atoms. The van der Waals surface area contributed by atoms with Crippen LogP contribution in [0.1, 0.15) is 17.2 Å². The van der Waals surface area contributed by atoms with Crippen LogP contribution in [0.5, 0.6) is 5.75 Å². The summed E-state index contributed by atoms with van der Waals surface area (Å²) in [5.74, 6) is 0.854. The standard InChI is InChI=1S/C15H16BrNO/c1-18-13-8-6-11(7-9-13)15(17)10-12-4-2-3-5-14(12)16/h2-9,15H,10,17H2,1H3. The predicted octanol–water partition coefficient (Wildman–Crippen LogP) is 3.70. The maximum absolute atomic E-state index is 6.23. The molecule has 0 aromatic heterocycles. The van der Waals surface area contributed by atoms with Crippen molar-refractivity contribution in [2.24, 2.45) is 5.73 Å². The van der Waals surface area contributed by atoms with Gasteiger partial charge in [-0.25, -0.2) is 0 Å². The number of methoxy groups -OCH3 is 1. The summed E-state index contributed by atoms with van der Waals surface area (Å²) in [7, 11) is 1.66. The first-order valence-corrected chi connectivity index (χ1v) is 6.63. The van der Waals surface area contributed by atoms with Gasteiger partial charge in [0.15, 0.2) is 0 Å². The van der Waals surface area contributed by atoms with Gasteiger partial charge >= 0.3 is 0 Å². The van der Waals surface area contributed by atoms with Gasteiger partial charge in [-0.1, -0.05) is 46.3 Å². The normalized spacial score (nSPS) is 12.2. The lowest BCUT2D eigenvalue weighted by atomic mass is 10.00. The predicted molar refractivity (Wildman–Crippen MR) is 77.8 cm³/mol. The van der Waals surface area contributed by atoms with Crippen LogP contribution in [0.2, 0.25) is 0 Å². The Labute approximate surface area is 116 Å². The molecule has 18 heavy (non-hydrogen) atoms. The van der Waals surface area contributed by atoms with Crippen LogP contribution in [0, 0.1) is 0 Å². The van der Waals surface area contributed by atoms with Gasteiger partial charge in [-0.3, -0.25) is 0 Å². The van der Waals surface area contributed by atoms with E-state index in [-0.39, 0.29) is 6.04 Å². The van der Waals surface area contributed by atoms with Crippen molar-refractivity contribution in [3.05, 3.63) is 64.1 Å². The van der Waals surface area contributed by atoms with E-state index in [1.54, 1.807) is 7.11 Å². The number of ether oxygens (including phenoxy) is 1. The molecule has 0 aliphatic heterocycles. The van der Waals surface area contributed by atoms with E-state index in [9.17, 15) is 0 Å². The van der Waals surface area contributed by atoms with Crippen molar-refractivity contribution in [1.82, 2.24) is 0 Å². The summed E-state index contributed by atoms with van der Waals surface area (Å²) in [4.78, 5) is 0. The number of rotatable bonds is 4. The molecule has 0 amide bonds. The summed E-state index contributed by atoms with van der Waals surface area (Å²) in [5, 5.41) is 0. The third kappa shape index (κ3) is 3.12. The molecule has 0 aliphatic carbocycles. The van der Waals surface area contributed by atoms with Crippen LogP contribution < -0.4 is 10.5 Å². The van der Waals surface area contributed by atoms with Crippen LogP contribution in [0.3, 0.4) is 0 Å². The fraction of sp³-hybridized carbons (Fsp3) is 0.200. The molecule has 2 aromatic carbocycles.